The van der Waals surface area contributed by atoms with Crippen LogP contribution in [-0.4, -0.2) is 27.4 Å². The number of nitrogen functional groups attached to an aromatic ring is 1. The smallest absolute Gasteiger partial charge is 0.319 e. The van der Waals surface area contributed by atoms with Gasteiger partial charge in [-0.15, -0.1) is 0 Å². The van der Waals surface area contributed by atoms with E-state index in [1.54, 1.807) is 31.3 Å². The van der Waals surface area contributed by atoms with Gasteiger partial charge in [-0.1, -0.05) is 12.1 Å². The van der Waals surface area contributed by atoms with E-state index in [2.05, 4.69) is 4.98 Å². The molecule has 21 heavy (non-hydrogen) atoms. The van der Waals surface area contributed by atoms with Gasteiger partial charge in [0.25, 0.3) is 0 Å². The van der Waals surface area contributed by atoms with Crippen LogP contribution in [0.15, 0.2) is 36.7 Å². The Kier molecular flexibility index (Phi) is 4.52. The number of nitrogens with zero attached hydrogens (tertiary/aromatic N) is 3. The lowest BCUT2D eigenvalue weighted by atomic mass is 10.1. The molecule has 0 saturated carbocycles. The summed E-state index contributed by atoms with van der Waals surface area (Å²) in [6.45, 7) is -2.63. The van der Waals surface area contributed by atoms with Gasteiger partial charge in [0.05, 0.1) is 13.0 Å². The van der Waals surface area contributed by atoms with E-state index in [0.29, 0.717) is 5.69 Å². The maximum atomic E-state index is 12.7. The second-order valence-electron chi connectivity index (χ2n) is 4.70. The van der Waals surface area contributed by atoms with Crippen molar-refractivity contribution in [2.45, 2.75) is 19.5 Å². The van der Waals surface area contributed by atoms with Gasteiger partial charge in [-0.2, -0.15) is 8.78 Å². The SMILES string of the molecule is CN(Cc1nccn1C(F)F)C(=O)Cc1ccc(N)cc1. The number of benzene rings is 1. The van der Waals surface area contributed by atoms with Crippen molar-refractivity contribution in [3.05, 3.63) is 48.0 Å². The second-order valence-corrected chi connectivity index (χ2v) is 4.70. The molecule has 0 bridgehead atoms. The van der Waals surface area contributed by atoms with Crippen LogP contribution in [0.2, 0.25) is 0 Å². The van der Waals surface area contributed by atoms with Crippen LogP contribution in [-0.2, 0) is 17.8 Å². The van der Waals surface area contributed by atoms with Crippen LogP contribution in [0.5, 0.6) is 0 Å². The summed E-state index contributed by atoms with van der Waals surface area (Å²) >= 11 is 0. The van der Waals surface area contributed by atoms with E-state index in [0.717, 1.165) is 10.1 Å². The van der Waals surface area contributed by atoms with Crippen LogP contribution in [0.25, 0.3) is 0 Å². The topological polar surface area (TPSA) is 64.2 Å². The van der Waals surface area contributed by atoms with E-state index < -0.39 is 6.55 Å². The molecule has 0 aliphatic carbocycles. The van der Waals surface area contributed by atoms with Gasteiger partial charge in [0.2, 0.25) is 5.91 Å². The summed E-state index contributed by atoms with van der Waals surface area (Å²) in [5.41, 5.74) is 7.02. The van der Waals surface area contributed by atoms with Crippen LogP contribution >= 0.6 is 0 Å². The van der Waals surface area contributed by atoms with E-state index in [9.17, 15) is 13.6 Å². The number of alkyl halides is 2. The number of rotatable bonds is 5. The monoisotopic (exact) mass is 294 g/mol. The van der Waals surface area contributed by atoms with E-state index in [1.165, 1.54) is 17.3 Å². The molecule has 2 N–H and O–H groups in total. The Morgan fingerprint density at radius 3 is 2.67 bits per heavy atom. The molecule has 1 amide bonds. The standard InChI is InChI=1S/C14H16F2N4O/c1-19(9-12-18-6-7-20(12)14(15)16)13(21)8-10-2-4-11(17)5-3-10/h2-7,14H,8-9,17H2,1H3. The summed E-state index contributed by atoms with van der Waals surface area (Å²) in [7, 11) is 1.56. The third-order valence-electron chi connectivity index (χ3n) is 3.10. The fraction of sp³-hybridized carbons (Fsp3) is 0.286. The van der Waals surface area contributed by atoms with Crippen molar-refractivity contribution < 1.29 is 13.6 Å². The van der Waals surface area contributed by atoms with Crippen molar-refractivity contribution in [3.63, 3.8) is 0 Å². The maximum Gasteiger partial charge on any atom is 0.319 e. The van der Waals surface area contributed by atoms with Gasteiger partial charge in [0.15, 0.2) is 0 Å². The van der Waals surface area contributed by atoms with Crippen molar-refractivity contribution in [2.24, 2.45) is 0 Å². The Bertz CT molecular complexity index is 610. The summed E-state index contributed by atoms with van der Waals surface area (Å²) < 4.78 is 26.2. The van der Waals surface area contributed by atoms with Crippen LogP contribution in [0.3, 0.4) is 0 Å². The highest BCUT2D eigenvalue weighted by atomic mass is 19.3. The first-order chi connectivity index (χ1) is 9.97. The second kappa shape index (κ2) is 6.34. The third kappa shape index (κ3) is 3.77. The van der Waals surface area contributed by atoms with Gasteiger partial charge < -0.3 is 10.6 Å². The van der Waals surface area contributed by atoms with E-state index in [-0.39, 0.29) is 24.7 Å². The van der Waals surface area contributed by atoms with Crippen molar-refractivity contribution >= 4 is 11.6 Å². The highest BCUT2D eigenvalue weighted by molar-refractivity contribution is 5.78. The van der Waals surface area contributed by atoms with E-state index in [1.807, 2.05) is 0 Å². The fourth-order valence-electron chi connectivity index (χ4n) is 1.89. The first-order valence-electron chi connectivity index (χ1n) is 6.35. The number of hydrogen-bond donors (Lipinski definition) is 1. The number of aromatic nitrogens is 2. The maximum absolute atomic E-state index is 12.7. The third-order valence-corrected chi connectivity index (χ3v) is 3.10. The number of anilines is 1. The Hall–Kier alpha value is -2.44. The molecule has 0 aliphatic heterocycles. The highest BCUT2D eigenvalue weighted by Gasteiger charge is 2.16. The predicted molar refractivity (Wildman–Crippen MR) is 74.5 cm³/mol. The zero-order valence-corrected chi connectivity index (χ0v) is 11.5. The first-order valence-corrected chi connectivity index (χ1v) is 6.35. The molecule has 2 rings (SSSR count). The number of carbonyl (C=O) groups excluding carboxylic acids is 1. The number of carbonyl (C=O) groups is 1. The summed E-state index contributed by atoms with van der Waals surface area (Å²) in [4.78, 5) is 17.3. The van der Waals surface area contributed by atoms with Gasteiger partial charge >= 0.3 is 6.55 Å². The lowest BCUT2D eigenvalue weighted by Gasteiger charge is -2.17. The van der Waals surface area contributed by atoms with Crippen LogP contribution < -0.4 is 5.73 Å². The van der Waals surface area contributed by atoms with Crippen molar-refractivity contribution in [2.75, 3.05) is 12.8 Å². The average Bonchev–Trinajstić information content (AvgIpc) is 2.89. The zero-order chi connectivity index (χ0) is 15.4. The van der Waals surface area contributed by atoms with Gasteiger partial charge in [0, 0.05) is 25.1 Å². The molecule has 0 spiro atoms. The number of nitrogens with two attached hydrogens (primary N) is 1. The van der Waals surface area contributed by atoms with Crippen molar-refractivity contribution in [3.8, 4) is 0 Å². The molecule has 0 aliphatic rings. The van der Waals surface area contributed by atoms with Crippen LogP contribution in [0.4, 0.5) is 14.5 Å². The molecule has 0 fully saturated rings. The molecular weight excluding hydrogens is 278 g/mol. The van der Waals surface area contributed by atoms with Gasteiger partial charge in [-0.05, 0) is 17.7 Å². The fourth-order valence-corrected chi connectivity index (χ4v) is 1.89. The molecule has 1 aromatic heterocycles. The minimum atomic E-state index is -2.66. The molecule has 1 aromatic carbocycles. The Morgan fingerprint density at radius 1 is 1.38 bits per heavy atom. The minimum absolute atomic E-state index is 0.0329. The predicted octanol–water partition coefficient (Wildman–Crippen LogP) is 2.06. The van der Waals surface area contributed by atoms with Gasteiger partial charge in [-0.3, -0.25) is 9.36 Å². The van der Waals surface area contributed by atoms with Crippen molar-refractivity contribution in [1.82, 2.24) is 14.5 Å². The Balaban J connectivity index is 1.99. The summed E-state index contributed by atoms with van der Waals surface area (Å²) in [5, 5.41) is 0. The normalized spacial score (nSPS) is 10.9. The molecule has 0 saturated heterocycles. The Morgan fingerprint density at radius 2 is 2.05 bits per heavy atom. The number of hydrogen-bond acceptors (Lipinski definition) is 3. The molecule has 112 valence electrons. The van der Waals surface area contributed by atoms with Crippen LogP contribution in [0.1, 0.15) is 17.9 Å². The molecule has 7 heteroatoms. The van der Waals surface area contributed by atoms with E-state index in [4.69, 9.17) is 5.73 Å². The molecular formula is C14H16F2N4O. The molecule has 1 heterocycles. The quantitative estimate of drug-likeness (QED) is 0.859. The van der Waals surface area contributed by atoms with Crippen LogP contribution in [0, 0.1) is 0 Å². The molecule has 0 radical (unpaired) electrons. The van der Waals surface area contributed by atoms with Gasteiger partial charge in [0.1, 0.15) is 5.82 Å². The lowest BCUT2D eigenvalue weighted by molar-refractivity contribution is -0.129. The molecule has 0 atom stereocenters. The molecule has 2 aromatic rings. The highest BCUT2D eigenvalue weighted by Crippen LogP contribution is 2.14. The number of amides is 1. The molecule has 5 nitrogen and oxygen atoms in total. The Labute approximate surface area is 121 Å². The van der Waals surface area contributed by atoms with E-state index >= 15 is 0 Å². The lowest BCUT2D eigenvalue weighted by Crippen LogP contribution is -2.29. The zero-order valence-electron chi connectivity index (χ0n) is 11.5. The summed E-state index contributed by atoms with van der Waals surface area (Å²) in [5.74, 6) is -0.0262. The average molecular weight is 294 g/mol. The largest absolute Gasteiger partial charge is 0.399 e. The summed E-state index contributed by atoms with van der Waals surface area (Å²) in [6, 6.07) is 6.96. The number of halogens is 2. The van der Waals surface area contributed by atoms with Gasteiger partial charge in [-0.25, -0.2) is 4.98 Å². The minimum Gasteiger partial charge on any atom is -0.399 e. The number of imidazole rings is 1. The number of likely N-dealkylation sites (N-methyl/N-ethyl adjacent to an activating group) is 1. The van der Waals surface area contributed by atoms with Crippen molar-refractivity contribution in [1.29, 1.82) is 0 Å². The summed E-state index contributed by atoms with van der Waals surface area (Å²) in [6.07, 6.45) is 2.67. The molecule has 0 unspecified atom stereocenters. The first kappa shape index (κ1) is 15.0.